The van der Waals surface area contributed by atoms with Crippen LogP contribution in [0.2, 0.25) is 0 Å². The Balaban J connectivity index is 1.87. The van der Waals surface area contributed by atoms with Gasteiger partial charge in [-0.25, -0.2) is 0 Å². The van der Waals surface area contributed by atoms with Crippen molar-refractivity contribution in [1.29, 1.82) is 0 Å². The van der Waals surface area contributed by atoms with Crippen molar-refractivity contribution in [2.75, 3.05) is 19.6 Å². The van der Waals surface area contributed by atoms with E-state index < -0.39 is 0 Å². The van der Waals surface area contributed by atoms with Crippen molar-refractivity contribution in [1.82, 2.24) is 10.2 Å². The van der Waals surface area contributed by atoms with Gasteiger partial charge in [-0.15, -0.1) is 0 Å². The number of primary amides is 1. The highest BCUT2D eigenvalue weighted by Crippen LogP contribution is 2.08. The number of nitrogens with two attached hydrogens (primary N) is 1. The Kier molecular flexibility index (Phi) is 4.12. The number of hydrogen-bond acceptors (Lipinski definition) is 3. The van der Waals surface area contributed by atoms with Gasteiger partial charge in [0, 0.05) is 38.6 Å². The highest BCUT2D eigenvalue weighted by atomic mass is 16.1. The van der Waals surface area contributed by atoms with E-state index in [1.807, 2.05) is 6.07 Å². The number of amides is 1. The second-order valence-electron chi connectivity index (χ2n) is 4.54. The van der Waals surface area contributed by atoms with Crippen molar-refractivity contribution >= 4 is 5.91 Å². The van der Waals surface area contributed by atoms with Crippen molar-refractivity contribution < 1.29 is 4.79 Å². The van der Waals surface area contributed by atoms with Gasteiger partial charge in [0.25, 0.3) is 0 Å². The summed E-state index contributed by atoms with van der Waals surface area (Å²) in [6.45, 7) is 3.77. The average molecular weight is 233 g/mol. The van der Waals surface area contributed by atoms with E-state index in [1.54, 1.807) is 0 Å². The predicted octanol–water partition coefficient (Wildman–Crippen LogP) is 0.336. The van der Waals surface area contributed by atoms with Gasteiger partial charge in [0.05, 0.1) is 0 Å². The number of carbonyl (C=O) groups is 1. The fraction of sp³-hybridized carbons (Fsp3) is 0.462. The first kappa shape index (κ1) is 12.1. The minimum Gasteiger partial charge on any atom is -0.370 e. The Labute approximate surface area is 102 Å². The molecule has 0 saturated carbocycles. The molecule has 1 atom stereocenters. The second kappa shape index (κ2) is 5.80. The van der Waals surface area contributed by atoms with E-state index in [1.165, 1.54) is 5.56 Å². The number of benzene rings is 1. The van der Waals surface area contributed by atoms with Crippen LogP contribution in [0.15, 0.2) is 30.3 Å². The summed E-state index contributed by atoms with van der Waals surface area (Å²) in [6.07, 6.45) is 0.422. The molecule has 1 fully saturated rings. The summed E-state index contributed by atoms with van der Waals surface area (Å²) in [7, 11) is 0. The molecule has 0 radical (unpaired) electrons. The molecule has 3 N–H and O–H groups in total. The van der Waals surface area contributed by atoms with Crippen LogP contribution >= 0.6 is 0 Å². The highest BCUT2D eigenvalue weighted by molar-refractivity contribution is 5.74. The van der Waals surface area contributed by atoms with Crippen LogP contribution in [-0.4, -0.2) is 36.5 Å². The fourth-order valence-corrected chi connectivity index (χ4v) is 2.26. The van der Waals surface area contributed by atoms with E-state index in [-0.39, 0.29) is 11.9 Å². The van der Waals surface area contributed by atoms with Crippen LogP contribution in [0, 0.1) is 0 Å². The van der Waals surface area contributed by atoms with Gasteiger partial charge >= 0.3 is 0 Å². The van der Waals surface area contributed by atoms with Crippen molar-refractivity contribution in [3.05, 3.63) is 35.9 Å². The molecule has 0 spiro atoms. The lowest BCUT2D eigenvalue weighted by Crippen LogP contribution is -2.51. The summed E-state index contributed by atoms with van der Waals surface area (Å²) in [4.78, 5) is 13.3. The minimum absolute atomic E-state index is 0.199. The van der Waals surface area contributed by atoms with Gasteiger partial charge in [0.1, 0.15) is 0 Å². The smallest absolute Gasteiger partial charge is 0.219 e. The molecule has 1 aromatic rings. The van der Waals surface area contributed by atoms with Gasteiger partial charge in [-0.05, 0) is 5.56 Å². The first-order chi connectivity index (χ1) is 8.24. The van der Waals surface area contributed by atoms with Gasteiger partial charge in [-0.1, -0.05) is 30.3 Å². The standard InChI is InChI=1S/C13H19N3O/c14-13(17)8-12-10-16(7-6-15-12)9-11-4-2-1-3-5-11/h1-5,12,15H,6-10H2,(H2,14,17). The number of rotatable bonds is 4. The predicted molar refractivity (Wildman–Crippen MR) is 67.3 cm³/mol. The molecular weight excluding hydrogens is 214 g/mol. The lowest BCUT2D eigenvalue weighted by Gasteiger charge is -2.33. The molecule has 4 nitrogen and oxygen atoms in total. The molecule has 1 aliphatic rings. The molecule has 1 saturated heterocycles. The van der Waals surface area contributed by atoms with Crippen LogP contribution in [0.5, 0.6) is 0 Å². The van der Waals surface area contributed by atoms with Gasteiger partial charge < -0.3 is 11.1 Å². The van der Waals surface area contributed by atoms with Crippen molar-refractivity contribution in [2.24, 2.45) is 5.73 Å². The molecule has 0 aromatic heterocycles. The quantitative estimate of drug-likeness (QED) is 0.788. The summed E-state index contributed by atoms with van der Waals surface area (Å²) < 4.78 is 0. The molecule has 1 heterocycles. The number of carbonyl (C=O) groups excluding carboxylic acids is 1. The van der Waals surface area contributed by atoms with Gasteiger partial charge in [-0.2, -0.15) is 0 Å². The third kappa shape index (κ3) is 3.84. The molecule has 1 aromatic carbocycles. The third-order valence-corrected chi connectivity index (χ3v) is 3.04. The Morgan fingerprint density at radius 3 is 2.88 bits per heavy atom. The van der Waals surface area contributed by atoms with Crippen LogP contribution in [0.4, 0.5) is 0 Å². The average Bonchev–Trinajstić information content (AvgIpc) is 2.30. The SMILES string of the molecule is NC(=O)CC1CN(Cc2ccccc2)CCN1. The van der Waals surface area contributed by atoms with E-state index in [9.17, 15) is 4.79 Å². The molecule has 1 unspecified atom stereocenters. The Hall–Kier alpha value is -1.39. The summed E-state index contributed by atoms with van der Waals surface area (Å²) >= 11 is 0. The number of piperazine rings is 1. The van der Waals surface area contributed by atoms with Crippen LogP contribution in [0.3, 0.4) is 0 Å². The Bertz CT molecular complexity index is 366. The zero-order valence-electron chi connectivity index (χ0n) is 9.93. The molecule has 2 rings (SSSR count). The number of nitrogens with zero attached hydrogens (tertiary/aromatic N) is 1. The van der Waals surface area contributed by atoms with Crippen LogP contribution in [0.1, 0.15) is 12.0 Å². The van der Waals surface area contributed by atoms with Crippen LogP contribution in [-0.2, 0) is 11.3 Å². The van der Waals surface area contributed by atoms with Crippen molar-refractivity contribution in [3.8, 4) is 0 Å². The number of nitrogens with one attached hydrogen (secondary N) is 1. The summed E-state index contributed by atoms with van der Waals surface area (Å²) in [6, 6.07) is 10.6. The topological polar surface area (TPSA) is 58.4 Å². The minimum atomic E-state index is -0.232. The number of hydrogen-bond donors (Lipinski definition) is 2. The first-order valence-corrected chi connectivity index (χ1v) is 6.02. The molecular formula is C13H19N3O. The van der Waals surface area contributed by atoms with E-state index in [4.69, 9.17) is 5.73 Å². The van der Waals surface area contributed by atoms with E-state index >= 15 is 0 Å². The molecule has 4 heteroatoms. The Morgan fingerprint density at radius 2 is 2.18 bits per heavy atom. The third-order valence-electron chi connectivity index (χ3n) is 3.04. The lowest BCUT2D eigenvalue weighted by molar-refractivity contribution is -0.118. The zero-order valence-corrected chi connectivity index (χ0v) is 9.93. The first-order valence-electron chi connectivity index (χ1n) is 6.02. The molecule has 0 bridgehead atoms. The molecule has 1 amide bonds. The van der Waals surface area contributed by atoms with Crippen molar-refractivity contribution in [3.63, 3.8) is 0 Å². The normalized spacial score (nSPS) is 21.3. The van der Waals surface area contributed by atoms with E-state index in [0.29, 0.717) is 6.42 Å². The maximum absolute atomic E-state index is 10.9. The van der Waals surface area contributed by atoms with Crippen molar-refractivity contribution in [2.45, 2.75) is 19.0 Å². The second-order valence-corrected chi connectivity index (χ2v) is 4.54. The van der Waals surface area contributed by atoms with Gasteiger partial charge in [0.15, 0.2) is 0 Å². The summed E-state index contributed by atoms with van der Waals surface area (Å²) in [5, 5.41) is 3.32. The summed E-state index contributed by atoms with van der Waals surface area (Å²) in [5.74, 6) is -0.232. The Morgan fingerprint density at radius 1 is 1.41 bits per heavy atom. The fourth-order valence-electron chi connectivity index (χ4n) is 2.26. The maximum atomic E-state index is 10.9. The lowest BCUT2D eigenvalue weighted by atomic mass is 10.1. The monoisotopic (exact) mass is 233 g/mol. The van der Waals surface area contributed by atoms with Crippen LogP contribution in [0.25, 0.3) is 0 Å². The molecule has 1 aliphatic heterocycles. The molecule has 0 aliphatic carbocycles. The largest absolute Gasteiger partial charge is 0.370 e. The van der Waals surface area contributed by atoms with Gasteiger partial charge in [0.2, 0.25) is 5.91 Å². The molecule has 17 heavy (non-hydrogen) atoms. The summed E-state index contributed by atoms with van der Waals surface area (Å²) in [5.41, 5.74) is 6.54. The van der Waals surface area contributed by atoms with Gasteiger partial charge in [-0.3, -0.25) is 9.69 Å². The molecule has 92 valence electrons. The van der Waals surface area contributed by atoms with E-state index in [0.717, 1.165) is 26.2 Å². The van der Waals surface area contributed by atoms with E-state index in [2.05, 4.69) is 34.5 Å². The maximum Gasteiger partial charge on any atom is 0.219 e. The van der Waals surface area contributed by atoms with Crippen LogP contribution < -0.4 is 11.1 Å². The zero-order chi connectivity index (χ0) is 12.1. The highest BCUT2D eigenvalue weighted by Gasteiger charge is 2.20.